The lowest BCUT2D eigenvalue weighted by molar-refractivity contribution is -0.121. The van der Waals surface area contributed by atoms with Gasteiger partial charge in [-0.25, -0.2) is 0 Å². The number of ketones is 2. The van der Waals surface area contributed by atoms with Crippen molar-refractivity contribution in [1.29, 1.82) is 0 Å². The molecule has 0 saturated heterocycles. The highest BCUT2D eigenvalue weighted by Crippen LogP contribution is 2.35. The largest absolute Gasteiger partial charge is 0.299 e. The van der Waals surface area contributed by atoms with Crippen LogP contribution in [0.15, 0.2) is 11.6 Å². The van der Waals surface area contributed by atoms with Gasteiger partial charge in [-0.2, -0.15) is 0 Å². The van der Waals surface area contributed by atoms with Crippen LogP contribution in [0.5, 0.6) is 0 Å². The molecule has 0 aliphatic heterocycles. The minimum Gasteiger partial charge on any atom is -0.299 e. The first-order valence-corrected chi connectivity index (χ1v) is 4.17. The van der Waals surface area contributed by atoms with Crippen molar-refractivity contribution in [2.24, 2.45) is 5.41 Å². The van der Waals surface area contributed by atoms with E-state index >= 15 is 0 Å². The average molecular weight is 166 g/mol. The third kappa shape index (κ3) is 1.63. The number of hydrogen-bond donors (Lipinski definition) is 0. The third-order valence-corrected chi connectivity index (χ3v) is 2.28. The molecule has 0 saturated carbocycles. The normalized spacial score (nSPS) is 21.9. The van der Waals surface area contributed by atoms with Crippen molar-refractivity contribution < 1.29 is 9.59 Å². The standard InChI is InChI=1S/C10H14O2/c1-7(11)9-5-4-8(12)6-10(9,2)3/h5H,4,6H2,1-3H3. The number of allylic oxidation sites excluding steroid dienone is 2. The molecule has 0 aromatic carbocycles. The van der Waals surface area contributed by atoms with Crippen LogP contribution in [0.3, 0.4) is 0 Å². The van der Waals surface area contributed by atoms with Gasteiger partial charge in [0.2, 0.25) is 0 Å². The summed E-state index contributed by atoms with van der Waals surface area (Å²) in [5.74, 6) is 0.317. The average Bonchev–Trinajstić information content (AvgIpc) is 1.82. The summed E-state index contributed by atoms with van der Waals surface area (Å²) in [7, 11) is 0. The molecule has 0 atom stereocenters. The molecule has 66 valence electrons. The molecule has 12 heavy (non-hydrogen) atoms. The Kier molecular flexibility index (Phi) is 2.18. The molecular formula is C10H14O2. The van der Waals surface area contributed by atoms with E-state index in [1.807, 2.05) is 13.8 Å². The van der Waals surface area contributed by atoms with Gasteiger partial charge >= 0.3 is 0 Å². The van der Waals surface area contributed by atoms with Crippen molar-refractivity contribution in [2.75, 3.05) is 0 Å². The van der Waals surface area contributed by atoms with Gasteiger partial charge < -0.3 is 0 Å². The van der Waals surface area contributed by atoms with Gasteiger partial charge in [-0.1, -0.05) is 19.9 Å². The van der Waals surface area contributed by atoms with Crippen LogP contribution in [0.1, 0.15) is 33.6 Å². The van der Waals surface area contributed by atoms with E-state index in [9.17, 15) is 9.59 Å². The topological polar surface area (TPSA) is 34.1 Å². The zero-order chi connectivity index (χ0) is 9.35. The van der Waals surface area contributed by atoms with Crippen molar-refractivity contribution in [3.05, 3.63) is 11.6 Å². The Bertz CT molecular complexity index is 259. The summed E-state index contributed by atoms with van der Waals surface area (Å²) >= 11 is 0. The molecule has 0 aromatic heterocycles. The highest BCUT2D eigenvalue weighted by Gasteiger charge is 2.31. The maximum absolute atomic E-state index is 11.1. The summed E-state index contributed by atoms with van der Waals surface area (Å²) in [5, 5.41) is 0. The second-order valence-corrected chi connectivity index (χ2v) is 3.98. The van der Waals surface area contributed by atoms with Gasteiger partial charge in [0.15, 0.2) is 5.78 Å². The van der Waals surface area contributed by atoms with E-state index < -0.39 is 0 Å². The second-order valence-electron chi connectivity index (χ2n) is 3.98. The number of carbonyl (C=O) groups is 2. The van der Waals surface area contributed by atoms with E-state index in [1.165, 1.54) is 0 Å². The summed E-state index contributed by atoms with van der Waals surface area (Å²) in [6, 6.07) is 0. The van der Waals surface area contributed by atoms with Crippen LogP contribution in [-0.4, -0.2) is 11.6 Å². The van der Waals surface area contributed by atoms with Crippen LogP contribution in [0.2, 0.25) is 0 Å². The molecule has 0 spiro atoms. The predicted molar refractivity (Wildman–Crippen MR) is 46.8 cm³/mol. The maximum Gasteiger partial charge on any atom is 0.156 e. The smallest absolute Gasteiger partial charge is 0.156 e. The molecule has 0 heterocycles. The molecule has 0 unspecified atom stereocenters. The van der Waals surface area contributed by atoms with Gasteiger partial charge in [0, 0.05) is 12.8 Å². The molecule has 2 nitrogen and oxygen atoms in total. The van der Waals surface area contributed by atoms with E-state index in [2.05, 4.69) is 0 Å². The summed E-state index contributed by atoms with van der Waals surface area (Å²) in [6.45, 7) is 5.44. The van der Waals surface area contributed by atoms with Gasteiger partial charge in [-0.3, -0.25) is 9.59 Å². The molecule has 0 amide bonds. The van der Waals surface area contributed by atoms with Crippen LogP contribution < -0.4 is 0 Å². The van der Waals surface area contributed by atoms with Crippen LogP contribution in [0, 0.1) is 5.41 Å². The summed E-state index contributed by atoms with van der Waals surface area (Å²) in [6.07, 6.45) is 2.70. The van der Waals surface area contributed by atoms with Crippen molar-refractivity contribution >= 4 is 11.6 Å². The molecule has 1 rings (SSSR count). The lowest BCUT2D eigenvalue weighted by Gasteiger charge is -2.29. The molecule has 1 aliphatic carbocycles. The zero-order valence-electron chi connectivity index (χ0n) is 7.81. The van der Waals surface area contributed by atoms with Gasteiger partial charge in [0.05, 0.1) is 0 Å². The fourth-order valence-electron chi connectivity index (χ4n) is 1.77. The number of carbonyl (C=O) groups excluding carboxylic acids is 2. The highest BCUT2D eigenvalue weighted by molar-refractivity contribution is 5.98. The SMILES string of the molecule is CC(=O)C1=CCC(=O)CC1(C)C. The van der Waals surface area contributed by atoms with Crippen molar-refractivity contribution in [1.82, 2.24) is 0 Å². The highest BCUT2D eigenvalue weighted by atomic mass is 16.1. The second kappa shape index (κ2) is 2.85. The first-order chi connectivity index (χ1) is 5.43. The minimum absolute atomic E-state index is 0.0903. The van der Waals surface area contributed by atoms with Crippen molar-refractivity contribution in [3.63, 3.8) is 0 Å². The van der Waals surface area contributed by atoms with E-state index in [0.29, 0.717) is 12.8 Å². The van der Waals surface area contributed by atoms with E-state index in [4.69, 9.17) is 0 Å². The maximum atomic E-state index is 11.1. The Balaban J connectivity index is 2.99. The van der Waals surface area contributed by atoms with Crippen LogP contribution >= 0.6 is 0 Å². The Labute approximate surface area is 72.7 Å². The van der Waals surface area contributed by atoms with Gasteiger partial charge in [0.1, 0.15) is 5.78 Å². The first kappa shape index (κ1) is 9.17. The van der Waals surface area contributed by atoms with Gasteiger partial charge in [0.25, 0.3) is 0 Å². The van der Waals surface area contributed by atoms with E-state index in [0.717, 1.165) is 5.57 Å². The molecular weight excluding hydrogens is 152 g/mol. The molecule has 0 bridgehead atoms. The zero-order valence-corrected chi connectivity index (χ0v) is 7.81. The fraction of sp³-hybridized carbons (Fsp3) is 0.600. The quantitative estimate of drug-likeness (QED) is 0.596. The Hall–Kier alpha value is -0.920. The molecule has 1 aliphatic rings. The molecule has 0 aromatic rings. The van der Waals surface area contributed by atoms with Crippen LogP contribution in [0.25, 0.3) is 0 Å². The number of rotatable bonds is 1. The van der Waals surface area contributed by atoms with Crippen LogP contribution in [-0.2, 0) is 9.59 Å². The fourth-order valence-corrected chi connectivity index (χ4v) is 1.77. The predicted octanol–water partition coefficient (Wildman–Crippen LogP) is 1.89. The van der Waals surface area contributed by atoms with Crippen LogP contribution in [0.4, 0.5) is 0 Å². The minimum atomic E-state index is -0.249. The van der Waals surface area contributed by atoms with Gasteiger partial charge in [-0.15, -0.1) is 0 Å². The number of hydrogen-bond acceptors (Lipinski definition) is 2. The summed E-state index contributed by atoms with van der Waals surface area (Å²) in [4.78, 5) is 22.2. The molecule has 0 fully saturated rings. The summed E-state index contributed by atoms with van der Waals surface area (Å²) < 4.78 is 0. The molecule has 0 radical (unpaired) electrons. The van der Waals surface area contributed by atoms with Crippen molar-refractivity contribution in [2.45, 2.75) is 33.6 Å². The first-order valence-electron chi connectivity index (χ1n) is 4.17. The lowest BCUT2D eigenvalue weighted by Crippen LogP contribution is -2.27. The van der Waals surface area contributed by atoms with E-state index in [1.54, 1.807) is 13.0 Å². The Morgan fingerprint density at radius 1 is 1.50 bits per heavy atom. The lowest BCUT2D eigenvalue weighted by atomic mass is 9.74. The Morgan fingerprint density at radius 2 is 2.08 bits per heavy atom. The van der Waals surface area contributed by atoms with Crippen molar-refractivity contribution in [3.8, 4) is 0 Å². The van der Waals surface area contributed by atoms with E-state index in [-0.39, 0.29) is 17.0 Å². The Morgan fingerprint density at radius 3 is 2.50 bits per heavy atom. The van der Waals surface area contributed by atoms with Gasteiger partial charge in [-0.05, 0) is 17.9 Å². The third-order valence-electron chi connectivity index (χ3n) is 2.28. The monoisotopic (exact) mass is 166 g/mol. The number of Topliss-reactive ketones (excluding diaryl/α,β-unsaturated/α-hetero) is 2. The molecule has 2 heteroatoms. The molecule has 0 N–H and O–H groups in total. The summed E-state index contributed by atoms with van der Waals surface area (Å²) in [5.41, 5.74) is 0.559.